The summed E-state index contributed by atoms with van der Waals surface area (Å²) in [7, 11) is 0. The van der Waals surface area contributed by atoms with Gasteiger partial charge in [-0.3, -0.25) is 4.79 Å². The van der Waals surface area contributed by atoms with Crippen molar-refractivity contribution in [1.29, 1.82) is 0 Å². The molecule has 1 fully saturated rings. The van der Waals surface area contributed by atoms with Crippen molar-refractivity contribution in [3.8, 4) is 0 Å². The second kappa shape index (κ2) is 5.50. The summed E-state index contributed by atoms with van der Waals surface area (Å²) in [6.45, 7) is 6.76. The quantitative estimate of drug-likeness (QED) is 0.776. The smallest absolute Gasteiger partial charge is 0.243 e. The maximum absolute atomic E-state index is 10.7. The Balaban J connectivity index is 2.50. The summed E-state index contributed by atoms with van der Waals surface area (Å²) in [5.74, 6) is 1.55. The number of nitrogens with two attached hydrogens (primary N) is 1. The van der Waals surface area contributed by atoms with Gasteiger partial charge in [0, 0.05) is 0 Å². The van der Waals surface area contributed by atoms with E-state index >= 15 is 0 Å². The van der Waals surface area contributed by atoms with Gasteiger partial charge in [-0.15, -0.1) is 0 Å². The summed E-state index contributed by atoms with van der Waals surface area (Å²) in [5, 5.41) is 0. The number of rotatable bonds is 4. The molecule has 0 spiro atoms. The summed E-state index contributed by atoms with van der Waals surface area (Å²) in [5.41, 5.74) is 5.10. The van der Waals surface area contributed by atoms with Crippen LogP contribution >= 0.6 is 0 Å². The lowest BCUT2D eigenvalue weighted by atomic mass is 9.75. The summed E-state index contributed by atoms with van der Waals surface area (Å²) in [4.78, 5) is 10.7. The van der Waals surface area contributed by atoms with E-state index in [9.17, 15) is 4.79 Å². The standard InChI is InChI=1S/C12H23NO2/c1-8(2)10-5-4-9(3)6-11(10)15-7-12(13)14/h8-11H,4-7H2,1-3H3,(H2,13,14)/t9-,10+,11-/m1/s1. The average molecular weight is 213 g/mol. The van der Waals surface area contributed by atoms with Gasteiger partial charge in [0.2, 0.25) is 5.91 Å². The first-order valence-electron chi connectivity index (χ1n) is 5.90. The number of hydrogen-bond donors (Lipinski definition) is 1. The van der Waals surface area contributed by atoms with E-state index in [0.29, 0.717) is 17.8 Å². The van der Waals surface area contributed by atoms with Crippen LogP contribution in [-0.2, 0) is 9.53 Å². The van der Waals surface area contributed by atoms with Crippen molar-refractivity contribution in [2.75, 3.05) is 6.61 Å². The van der Waals surface area contributed by atoms with Gasteiger partial charge < -0.3 is 10.5 Å². The van der Waals surface area contributed by atoms with Gasteiger partial charge in [-0.05, 0) is 30.6 Å². The van der Waals surface area contributed by atoms with Crippen molar-refractivity contribution in [2.24, 2.45) is 23.5 Å². The second-order valence-electron chi connectivity index (χ2n) is 5.14. The Morgan fingerprint density at radius 2 is 2.13 bits per heavy atom. The van der Waals surface area contributed by atoms with Crippen molar-refractivity contribution < 1.29 is 9.53 Å². The van der Waals surface area contributed by atoms with Crippen molar-refractivity contribution in [3.05, 3.63) is 0 Å². The lowest BCUT2D eigenvalue weighted by Crippen LogP contribution is -2.36. The molecule has 0 saturated heterocycles. The summed E-state index contributed by atoms with van der Waals surface area (Å²) in [6, 6.07) is 0. The molecule has 88 valence electrons. The highest BCUT2D eigenvalue weighted by Gasteiger charge is 2.31. The predicted octanol–water partition coefficient (Wildman–Crippen LogP) is 1.95. The summed E-state index contributed by atoms with van der Waals surface area (Å²) >= 11 is 0. The SMILES string of the molecule is CC(C)[C@@H]1CC[C@@H](C)C[C@H]1OCC(N)=O. The first kappa shape index (κ1) is 12.5. The van der Waals surface area contributed by atoms with Crippen LogP contribution < -0.4 is 5.73 Å². The van der Waals surface area contributed by atoms with Crippen LogP contribution in [-0.4, -0.2) is 18.6 Å². The van der Waals surface area contributed by atoms with E-state index in [-0.39, 0.29) is 18.6 Å². The van der Waals surface area contributed by atoms with Crippen molar-refractivity contribution >= 4 is 5.91 Å². The molecule has 0 aromatic heterocycles. The van der Waals surface area contributed by atoms with E-state index in [1.807, 2.05) is 0 Å². The summed E-state index contributed by atoms with van der Waals surface area (Å²) < 4.78 is 5.61. The molecule has 3 nitrogen and oxygen atoms in total. The Bertz CT molecular complexity index is 216. The Kier molecular flexibility index (Phi) is 4.58. The lowest BCUT2D eigenvalue weighted by Gasteiger charge is -2.36. The monoisotopic (exact) mass is 213 g/mol. The number of hydrogen-bond acceptors (Lipinski definition) is 2. The van der Waals surface area contributed by atoms with Gasteiger partial charge in [0.25, 0.3) is 0 Å². The van der Waals surface area contributed by atoms with Crippen LogP contribution in [0.4, 0.5) is 0 Å². The van der Waals surface area contributed by atoms with Gasteiger partial charge in [0.15, 0.2) is 0 Å². The van der Waals surface area contributed by atoms with E-state index < -0.39 is 0 Å². The minimum Gasteiger partial charge on any atom is -0.368 e. The van der Waals surface area contributed by atoms with Crippen LogP contribution in [0.5, 0.6) is 0 Å². The van der Waals surface area contributed by atoms with Crippen molar-refractivity contribution in [3.63, 3.8) is 0 Å². The molecular weight excluding hydrogens is 190 g/mol. The Hall–Kier alpha value is -0.570. The number of amides is 1. The number of primary amides is 1. The molecule has 0 aromatic carbocycles. The van der Waals surface area contributed by atoms with Crippen LogP contribution in [0.3, 0.4) is 0 Å². The zero-order valence-corrected chi connectivity index (χ0v) is 10.0. The molecule has 1 rings (SSSR count). The van der Waals surface area contributed by atoms with Crippen LogP contribution in [0.2, 0.25) is 0 Å². The maximum Gasteiger partial charge on any atom is 0.243 e. The fourth-order valence-electron chi connectivity index (χ4n) is 2.50. The molecule has 0 radical (unpaired) electrons. The number of ether oxygens (including phenoxy) is 1. The Morgan fingerprint density at radius 3 is 2.67 bits per heavy atom. The largest absolute Gasteiger partial charge is 0.368 e. The van der Waals surface area contributed by atoms with Crippen LogP contribution in [0, 0.1) is 17.8 Å². The van der Waals surface area contributed by atoms with Gasteiger partial charge in [-0.25, -0.2) is 0 Å². The second-order valence-corrected chi connectivity index (χ2v) is 5.14. The molecule has 0 heterocycles. The predicted molar refractivity (Wildman–Crippen MR) is 60.3 cm³/mol. The molecule has 1 aliphatic carbocycles. The highest BCUT2D eigenvalue weighted by molar-refractivity contribution is 5.75. The molecule has 0 aliphatic heterocycles. The van der Waals surface area contributed by atoms with E-state index in [4.69, 9.17) is 10.5 Å². The molecular formula is C12H23NO2. The number of carbonyl (C=O) groups excluding carboxylic acids is 1. The van der Waals surface area contributed by atoms with Crippen LogP contribution in [0.1, 0.15) is 40.0 Å². The highest BCUT2D eigenvalue weighted by atomic mass is 16.5. The molecule has 0 unspecified atom stereocenters. The normalized spacial score (nSPS) is 31.9. The third-order valence-electron chi connectivity index (χ3n) is 3.40. The zero-order valence-electron chi connectivity index (χ0n) is 10.0. The lowest BCUT2D eigenvalue weighted by molar-refractivity contribution is -0.128. The van der Waals surface area contributed by atoms with Gasteiger partial charge in [-0.2, -0.15) is 0 Å². The number of carbonyl (C=O) groups is 1. The van der Waals surface area contributed by atoms with Crippen LogP contribution in [0.15, 0.2) is 0 Å². The molecule has 3 atom stereocenters. The Labute approximate surface area is 92.4 Å². The van der Waals surface area contributed by atoms with Crippen molar-refractivity contribution in [1.82, 2.24) is 0 Å². The van der Waals surface area contributed by atoms with E-state index in [1.165, 1.54) is 12.8 Å². The van der Waals surface area contributed by atoms with E-state index in [1.54, 1.807) is 0 Å². The molecule has 1 amide bonds. The Morgan fingerprint density at radius 1 is 1.47 bits per heavy atom. The van der Waals surface area contributed by atoms with Crippen LogP contribution in [0.25, 0.3) is 0 Å². The average Bonchev–Trinajstić information content (AvgIpc) is 2.14. The van der Waals surface area contributed by atoms with E-state index in [2.05, 4.69) is 20.8 Å². The topological polar surface area (TPSA) is 52.3 Å². The fraction of sp³-hybridized carbons (Fsp3) is 0.917. The first-order chi connectivity index (χ1) is 7.00. The molecule has 15 heavy (non-hydrogen) atoms. The molecule has 1 saturated carbocycles. The molecule has 1 aliphatic rings. The van der Waals surface area contributed by atoms with Gasteiger partial charge in [0.1, 0.15) is 6.61 Å². The third-order valence-corrected chi connectivity index (χ3v) is 3.40. The molecule has 2 N–H and O–H groups in total. The molecule has 3 heteroatoms. The minimum atomic E-state index is -0.365. The minimum absolute atomic E-state index is 0.0700. The van der Waals surface area contributed by atoms with Gasteiger partial charge in [-0.1, -0.05) is 27.2 Å². The highest BCUT2D eigenvalue weighted by Crippen LogP contribution is 2.35. The fourth-order valence-corrected chi connectivity index (χ4v) is 2.50. The molecule has 0 bridgehead atoms. The van der Waals surface area contributed by atoms with E-state index in [0.717, 1.165) is 6.42 Å². The molecule has 0 aromatic rings. The zero-order chi connectivity index (χ0) is 11.4. The van der Waals surface area contributed by atoms with Gasteiger partial charge in [0.05, 0.1) is 6.10 Å². The third kappa shape index (κ3) is 3.82. The first-order valence-corrected chi connectivity index (χ1v) is 5.90. The maximum atomic E-state index is 10.7. The van der Waals surface area contributed by atoms with Crippen molar-refractivity contribution in [2.45, 2.75) is 46.1 Å². The van der Waals surface area contributed by atoms with Gasteiger partial charge >= 0.3 is 0 Å². The summed E-state index contributed by atoms with van der Waals surface area (Å²) in [6.07, 6.45) is 3.78.